The third-order valence-electron chi connectivity index (χ3n) is 4.14. The molecule has 0 aliphatic rings. The van der Waals surface area contributed by atoms with Gasteiger partial charge in [-0.2, -0.15) is 4.98 Å². The first kappa shape index (κ1) is 18.6. The average molecular weight is 401 g/mol. The highest BCUT2D eigenvalue weighted by Crippen LogP contribution is 2.29. The summed E-state index contributed by atoms with van der Waals surface area (Å²) in [5.41, 5.74) is 2.95. The number of aromatic nitrogens is 2. The maximum atomic E-state index is 12.6. The lowest BCUT2D eigenvalue weighted by Gasteiger charge is -2.16. The van der Waals surface area contributed by atoms with Crippen LogP contribution < -0.4 is 16.0 Å². The number of thiophene rings is 1. The van der Waals surface area contributed by atoms with Gasteiger partial charge in [-0.3, -0.25) is 4.79 Å². The standard InChI is InChI=1S/C22H19N5OS/c1-15-19(26-21(28)18-13-8-14-29-18)20(24-16-9-4-2-5-10-16)27-22(23-15)25-17-11-6-3-7-12-17/h2-14H,1H3,(H,26,28)(H2,23,24,25,27). The molecule has 6 nitrogen and oxygen atoms in total. The molecule has 0 radical (unpaired) electrons. The molecule has 4 rings (SSSR count). The fourth-order valence-electron chi connectivity index (χ4n) is 2.76. The molecule has 2 aromatic carbocycles. The number of nitrogens with zero attached hydrogens (tertiary/aromatic N) is 2. The summed E-state index contributed by atoms with van der Waals surface area (Å²) < 4.78 is 0. The number of hydrogen-bond acceptors (Lipinski definition) is 6. The number of carbonyl (C=O) groups is 1. The van der Waals surface area contributed by atoms with E-state index in [1.807, 2.05) is 79.0 Å². The molecule has 0 aliphatic carbocycles. The molecule has 0 aliphatic heterocycles. The minimum absolute atomic E-state index is 0.188. The van der Waals surface area contributed by atoms with Crippen LogP contribution in [0.5, 0.6) is 0 Å². The number of carbonyl (C=O) groups excluding carboxylic acids is 1. The number of anilines is 5. The van der Waals surface area contributed by atoms with Gasteiger partial charge in [0, 0.05) is 11.4 Å². The Morgan fingerprint density at radius 2 is 1.48 bits per heavy atom. The second-order valence-electron chi connectivity index (χ2n) is 6.27. The quantitative estimate of drug-likeness (QED) is 0.393. The third-order valence-corrected chi connectivity index (χ3v) is 5.01. The summed E-state index contributed by atoms with van der Waals surface area (Å²) in [5, 5.41) is 11.3. The van der Waals surface area contributed by atoms with Crippen molar-refractivity contribution in [2.45, 2.75) is 6.92 Å². The number of para-hydroxylation sites is 2. The van der Waals surface area contributed by atoms with E-state index < -0.39 is 0 Å². The molecular formula is C22H19N5OS. The summed E-state index contributed by atoms with van der Waals surface area (Å²) in [7, 11) is 0. The van der Waals surface area contributed by atoms with E-state index >= 15 is 0 Å². The molecule has 0 spiro atoms. The average Bonchev–Trinajstić information content (AvgIpc) is 3.27. The lowest BCUT2D eigenvalue weighted by molar-refractivity contribution is 0.103. The fourth-order valence-corrected chi connectivity index (χ4v) is 3.38. The molecule has 4 aromatic rings. The molecule has 0 fully saturated rings. The maximum Gasteiger partial charge on any atom is 0.265 e. The highest BCUT2D eigenvalue weighted by atomic mass is 32.1. The minimum atomic E-state index is -0.188. The molecule has 0 unspecified atom stereocenters. The van der Waals surface area contributed by atoms with Crippen LogP contribution in [0.4, 0.5) is 28.8 Å². The molecular weight excluding hydrogens is 382 g/mol. The summed E-state index contributed by atoms with van der Waals surface area (Å²) in [6, 6.07) is 23.0. The Bertz CT molecular complexity index is 1100. The molecule has 1 amide bonds. The summed E-state index contributed by atoms with van der Waals surface area (Å²) in [6.45, 7) is 1.85. The van der Waals surface area contributed by atoms with Gasteiger partial charge in [-0.15, -0.1) is 11.3 Å². The van der Waals surface area contributed by atoms with Gasteiger partial charge in [-0.05, 0) is 42.6 Å². The van der Waals surface area contributed by atoms with E-state index in [4.69, 9.17) is 0 Å². The summed E-state index contributed by atoms with van der Waals surface area (Å²) >= 11 is 1.39. The minimum Gasteiger partial charge on any atom is -0.338 e. The zero-order valence-corrected chi connectivity index (χ0v) is 16.5. The molecule has 2 aromatic heterocycles. The van der Waals surface area contributed by atoms with Gasteiger partial charge in [0.15, 0.2) is 5.82 Å². The first-order chi connectivity index (χ1) is 14.2. The Kier molecular flexibility index (Phi) is 5.49. The molecule has 0 atom stereocenters. The third kappa shape index (κ3) is 4.59. The number of hydrogen-bond donors (Lipinski definition) is 3. The number of benzene rings is 2. The van der Waals surface area contributed by atoms with Gasteiger partial charge in [0.1, 0.15) is 5.69 Å². The van der Waals surface area contributed by atoms with E-state index in [0.717, 1.165) is 11.4 Å². The predicted octanol–water partition coefficient (Wildman–Crippen LogP) is 5.59. The van der Waals surface area contributed by atoms with Crippen LogP contribution in [0.15, 0.2) is 78.2 Å². The van der Waals surface area contributed by atoms with E-state index in [2.05, 4.69) is 25.9 Å². The summed E-state index contributed by atoms with van der Waals surface area (Å²) in [4.78, 5) is 22.4. The normalized spacial score (nSPS) is 10.4. The second-order valence-corrected chi connectivity index (χ2v) is 7.22. The number of aryl methyl sites for hydroxylation is 1. The monoisotopic (exact) mass is 401 g/mol. The largest absolute Gasteiger partial charge is 0.338 e. The molecule has 0 bridgehead atoms. The summed E-state index contributed by atoms with van der Waals surface area (Å²) in [5.74, 6) is 0.778. The number of rotatable bonds is 6. The van der Waals surface area contributed by atoms with E-state index in [9.17, 15) is 4.79 Å². The Morgan fingerprint density at radius 1 is 0.828 bits per heavy atom. The van der Waals surface area contributed by atoms with Crippen LogP contribution in [0.1, 0.15) is 15.4 Å². The molecule has 2 heterocycles. The first-order valence-electron chi connectivity index (χ1n) is 9.07. The van der Waals surface area contributed by atoms with Crippen LogP contribution in [0, 0.1) is 6.92 Å². The van der Waals surface area contributed by atoms with E-state index in [1.165, 1.54) is 11.3 Å². The van der Waals surface area contributed by atoms with E-state index in [1.54, 1.807) is 6.07 Å². The van der Waals surface area contributed by atoms with Crippen molar-refractivity contribution in [3.8, 4) is 0 Å². The van der Waals surface area contributed by atoms with Crippen molar-refractivity contribution in [3.63, 3.8) is 0 Å². The van der Waals surface area contributed by atoms with Crippen LogP contribution in [-0.4, -0.2) is 15.9 Å². The number of amides is 1. The summed E-state index contributed by atoms with van der Waals surface area (Å²) in [6.07, 6.45) is 0. The van der Waals surface area contributed by atoms with Crippen molar-refractivity contribution in [3.05, 3.63) is 88.7 Å². The highest BCUT2D eigenvalue weighted by molar-refractivity contribution is 7.12. The fraction of sp³-hybridized carbons (Fsp3) is 0.0455. The zero-order valence-electron chi connectivity index (χ0n) is 15.7. The van der Waals surface area contributed by atoms with Crippen molar-refractivity contribution < 1.29 is 4.79 Å². The van der Waals surface area contributed by atoms with Crippen LogP contribution in [-0.2, 0) is 0 Å². The van der Waals surface area contributed by atoms with Gasteiger partial charge in [0.05, 0.1) is 10.6 Å². The Labute approximate surface area is 172 Å². The van der Waals surface area contributed by atoms with Crippen molar-refractivity contribution in [2.75, 3.05) is 16.0 Å². The van der Waals surface area contributed by atoms with Gasteiger partial charge >= 0.3 is 0 Å². The highest BCUT2D eigenvalue weighted by Gasteiger charge is 2.16. The van der Waals surface area contributed by atoms with Crippen LogP contribution in [0.3, 0.4) is 0 Å². The Balaban J connectivity index is 1.69. The Hall–Kier alpha value is -3.71. The molecule has 3 N–H and O–H groups in total. The van der Waals surface area contributed by atoms with Crippen molar-refractivity contribution in [1.82, 2.24) is 9.97 Å². The first-order valence-corrected chi connectivity index (χ1v) is 9.94. The maximum absolute atomic E-state index is 12.6. The zero-order chi connectivity index (χ0) is 20.1. The lowest BCUT2D eigenvalue weighted by atomic mass is 10.3. The predicted molar refractivity (Wildman–Crippen MR) is 118 cm³/mol. The van der Waals surface area contributed by atoms with Gasteiger partial charge in [-0.1, -0.05) is 42.5 Å². The van der Waals surface area contributed by atoms with Gasteiger partial charge in [0.2, 0.25) is 5.95 Å². The van der Waals surface area contributed by atoms with Crippen LogP contribution in [0.25, 0.3) is 0 Å². The number of nitrogens with one attached hydrogen (secondary N) is 3. The van der Waals surface area contributed by atoms with Crippen LogP contribution in [0.2, 0.25) is 0 Å². The molecule has 0 saturated carbocycles. The van der Waals surface area contributed by atoms with Gasteiger partial charge in [0.25, 0.3) is 5.91 Å². The van der Waals surface area contributed by atoms with Crippen molar-refractivity contribution in [1.29, 1.82) is 0 Å². The SMILES string of the molecule is Cc1nc(Nc2ccccc2)nc(Nc2ccccc2)c1NC(=O)c1cccs1. The van der Waals surface area contributed by atoms with Crippen LogP contribution >= 0.6 is 11.3 Å². The van der Waals surface area contributed by atoms with Gasteiger partial charge in [-0.25, -0.2) is 4.98 Å². The molecule has 144 valence electrons. The second kappa shape index (κ2) is 8.53. The van der Waals surface area contributed by atoms with E-state index in [-0.39, 0.29) is 5.91 Å². The molecule has 0 saturated heterocycles. The Morgan fingerprint density at radius 3 is 2.10 bits per heavy atom. The van der Waals surface area contributed by atoms with Crippen molar-refractivity contribution >= 4 is 46.1 Å². The van der Waals surface area contributed by atoms with Crippen molar-refractivity contribution in [2.24, 2.45) is 0 Å². The topological polar surface area (TPSA) is 78.9 Å². The smallest absolute Gasteiger partial charge is 0.265 e. The molecule has 29 heavy (non-hydrogen) atoms. The lowest BCUT2D eigenvalue weighted by Crippen LogP contribution is -2.15. The van der Waals surface area contributed by atoms with Gasteiger partial charge < -0.3 is 16.0 Å². The van der Waals surface area contributed by atoms with E-state index in [0.29, 0.717) is 28.0 Å². The molecule has 7 heteroatoms.